The van der Waals surface area contributed by atoms with Gasteiger partial charge in [0.05, 0.1) is 17.0 Å². The van der Waals surface area contributed by atoms with Crippen LogP contribution in [0.4, 0.5) is 5.69 Å². The highest BCUT2D eigenvalue weighted by atomic mass is 35.5. The normalized spacial score (nSPS) is 11.2. The molecule has 0 saturated carbocycles. The number of nitrogens with one attached hydrogen (secondary N) is 1. The first kappa shape index (κ1) is 16.6. The van der Waals surface area contributed by atoms with Gasteiger partial charge in [-0.2, -0.15) is 0 Å². The molecule has 7 nitrogen and oxygen atoms in total. The lowest BCUT2D eigenvalue weighted by molar-refractivity contribution is 0.695. The molecule has 0 atom stereocenters. The van der Waals surface area contributed by atoms with E-state index in [1.807, 2.05) is 0 Å². The smallest absolute Gasteiger partial charge is 0.332 e. The molecule has 9 heteroatoms. The Balaban J connectivity index is 1.88. The number of aryl methyl sites for hydroxylation is 1. The topological polar surface area (TPSA) is 73.8 Å². The Morgan fingerprint density at radius 1 is 1.17 bits per heavy atom. The van der Waals surface area contributed by atoms with Crippen LogP contribution >= 0.6 is 23.2 Å². The third kappa shape index (κ3) is 2.81. The molecule has 2 aromatic heterocycles. The zero-order valence-electron chi connectivity index (χ0n) is 13.1. The zero-order chi connectivity index (χ0) is 17.4. The average Bonchev–Trinajstić information content (AvgIpc) is 2.98. The summed E-state index contributed by atoms with van der Waals surface area (Å²) in [5, 5.41) is 4.32. The molecule has 0 spiro atoms. The molecule has 126 valence electrons. The van der Waals surface area contributed by atoms with E-state index < -0.39 is 5.69 Å². The number of aromatic nitrogens is 4. The summed E-state index contributed by atoms with van der Waals surface area (Å²) < 4.78 is 4.14. The standard InChI is InChI=1S/C15H15Cl2N5O2/c1-20-13-12(14(23)21(2)15(20)24)22(8-19-13)6-5-18-11-7-9(16)3-4-10(11)17/h3-4,7-8,18H,5-6H2,1-2H3. The van der Waals surface area contributed by atoms with Gasteiger partial charge in [-0.3, -0.25) is 13.9 Å². The first-order valence-electron chi connectivity index (χ1n) is 7.20. The van der Waals surface area contributed by atoms with E-state index in [9.17, 15) is 9.59 Å². The Bertz CT molecular complexity index is 1030. The fraction of sp³-hybridized carbons (Fsp3) is 0.267. The van der Waals surface area contributed by atoms with Crippen LogP contribution < -0.4 is 16.6 Å². The van der Waals surface area contributed by atoms with Crippen molar-refractivity contribution in [2.24, 2.45) is 14.1 Å². The summed E-state index contributed by atoms with van der Waals surface area (Å²) in [6, 6.07) is 5.16. The van der Waals surface area contributed by atoms with E-state index >= 15 is 0 Å². The van der Waals surface area contributed by atoms with E-state index in [4.69, 9.17) is 23.2 Å². The molecular weight excluding hydrogens is 353 g/mol. The Morgan fingerprint density at radius 3 is 2.67 bits per heavy atom. The molecule has 24 heavy (non-hydrogen) atoms. The molecule has 0 aliphatic carbocycles. The van der Waals surface area contributed by atoms with Crippen LogP contribution in [0.2, 0.25) is 10.0 Å². The highest BCUT2D eigenvalue weighted by Gasteiger charge is 2.14. The Kier molecular flexibility index (Phi) is 4.38. The first-order valence-corrected chi connectivity index (χ1v) is 7.95. The maximum Gasteiger partial charge on any atom is 0.332 e. The first-order chi connectivity index (χ1) is 11.4. The summed E-state index contributed by atoms with van der Waals surface area (Å²) >= 11 is 12.1. The second-order valence-electron chi connectivity index (χ2n) is 5.37. The van der Waals surface area contributed by atoms with Crippen molar-refractivity contribution >= 4 is 40.1 Å². The molecule has 0 aliphatic heterocycles. The number of halogens is 2. The number of hydrogen-bond acceptors (Lipinski definition) is 4. The van der Waals surface area contributed by atoms with Gasteiger partial charge in [-0.05, 0) is 18.2 Å². The van der Waals surface area contributed by atoms with Gasteiger partial charge in [0.1, 0.15) is 0 Å². The summed E-state index contributed by atoms with van der Waals surface area (Å²) in [4.78, 5) is 28.4. The largest absolute Gasteiger partial charge is 0.382 e. The van der Waals surface area contributed by atoms with Crippen LogP contribution in [0.25, 0.3) is 11.2 Å². The van der Waals surface area contributed by atoms with E-state index in [2.05, 4.69) is 10.3 Å². The van der Waals surface area contributed by atoms with Crippen molar-refractivity contribution in [2.45, 2.75) is 6.54 Å². The van der Waals surface area contributed by atoms with Crippen molar-refractivity contribution < 1.29 is 0 Å². The van der Waals surface area contributed by atoms with Crippen LogP contribution in [0.5, 0.6) is 0 Å². The molecule has 0 radical (unpaired) electrons. The fourth-order valence-electron chi connectivity index (χ4n) is 2.51. The zero-order valence-corrected chi connectivity index (χ0v) is 14.6. The molecule has 0 aliphatic rings. The lowest BCUT2D eigenvalue weighted by Gasteiger charge is -2.10. The number of rotatable bonds is 4. The predicted molar refractivity (Wildman–Crippen MR) is 95.2 cm³/mol. The summed E-state index contributed by atoms with van der Waals surface area (Å²) in [6.45, 7) is 0.990. The van der Waals surface area contributed by atoms with E-state index in [1.165, 1.54) is 11.6 Å². The van der Waals surface area contributed by atoms with Gasteiger partial charge in [0.2, 0.25) is 0 Å². The molecule has 0 unspecified atom stereocenters. The third-order valence-electron chi connectivity index (χ3n) is 3.81. The van der Waals surface area contributed by atoms with Crippen molar-refractivity contribution in [2.75, 3.05) is 11.9 Å². The van der Waals surface area contributed by atoms with Gasteiger partial charge in [0.15, 0.2) is 11.2 Å². The number of imidazole rings is 1. The van der Waals surface area contributed by atoms with Gasteiger partial charge in [-0.25, -0.2) is 9.78 Å². The Labute approximate surface area is 147 Å². The maximum absolute atomic E-state index is 12.3. The van der Waals surface area contributed by atoms with Gasteiger partial charge in [-0.1, -0.05) is 23.2 Å². The Morgan fingerprint density at radius 2 is 1.92 bits per heavy atom. The molecular formula is C15H15Cl2N5O2. The second-order valence-corrected chi connectivity index (χ2v) is 6.21. The number of anilines is 1. The molecule has 0 saturated heterocycles. The van der Waals surface area contributed by atoms with Crippen molar-refractivity contribution in [3.05, 3.63) is 55.4 Å². The number of hydrogen-bond donors (Lipinski definition) is 1. The molecule has 0 bridgehead atoms. The van der Waals surface area contributed by atoms with E-state index in [-0.39, 0.29) is 5.56 Å². The van der Waals surface area contributed by atoms with Gasteiger partial charge in [0.25, 0.3) is 5.56 Å². The van der Waals surface area contributed by atoms with E-state index in [1.54, 1.807) is 36.1 Å². The van der Waals surface area contributed by atoms with Crippen LogP contribution in [0.15, 0.2) is 34.1 Å². The molecule has 2 heterocycles. The van der Waals surface area contributed by atoms with Crippen LogP contribution in [-0.4, -0.2) is 25.2 Å². The van der Waals surface area contributed by atoms with Crippen LogP contribution in [0, 0.1) is 0 Å². The summed E-state index contributed by atoms with van der Waals surface area (Å²) in [6.07, 6.45) is 1.55. The lowest BCUT2D eigenvalue weighted by atomic mass is 10.3. The number of nitrogens with zero attached hydrogens (tertiary/aromatic N) is 4. The summed E-state index contributed by atoms with van der Waals surface area (Å²) in [5.74, 6) is 0. The number of benzene rings is 1. The molecule has 3 aromatic rings. The van der Waals surface area contributed by atoms with Crippen molar-refractivity contribution in [3.63, 3.8) is 0 Å². The molecule has 3 rings (SSSR count). The van der Waals surface area contributed by atoms with Gasteiger partial charge in [-0.15, -0.1) is 0 Å². The predicted octanol–water partition coefficient (Wildman–Crippen LogP) is 1.85. The highest BCUT2D eigenvalue weighted by Crippen LogP contribution is 2.25. The molecule has 0 amide bonds. The van der Waals surface area contributed by atoms with Crippen molar-refractivity contribution in [1.29, 1.82) is 0 Å². The monoisotopic (exact) mass is 367 g/mol. The van der Waals surface area contributed by atoms with E-state index in [0.29, 0.717) is 40.0 Å². The Hall–Kier alpha value is -2.25. The fourth-order valence-corrected chi connectivity index (χ4v) is 2.87. The number of fused-ring (bicyclic) bond motifs is 1. The molecule has 1 aromatic carbocycles. The van der Waals surface area contributed by atoms with Crippen molar-refractivity contribution in [3.8, 4) is 0 Å². The minimum atomic E-state index is -0.401. The minimum absolute atomic E-state index is 0.365. The maximum atomic E-state index is 12.3. The van der Waals surface area contributed by atoms with Gasteiger partial charge >= 0.3 is 5.69 Å². The van der Waals surface area contributed by atoms with Crippen LogP contribution in [-0.2, 0) is 20.6 Å². The average molecular weight is 368 g/mol. The van der Waals surface area contributed by atoms with Gasteiger partial charge in [0, 0.05) is 32.2 Å². The van der Waals surface area contributed by atoms with Crippen LogP contribution in [0.3, 0.4) is 0 Å². The third-order valence-corrected chi connectivity index (χ3v) is 4.38. The highest BCUT2D eigenvalue weighted by molar-refractivity contribution is 6.35. The van der Waals surface area contributed by atoms with Crippen LogP contribution in [0.1, 0.15) is 0 Å². The molecule has 0 fully saturated rings. The van der Waals surface area contributed by atoms with E-state index in [0.717, 1.165) is 4.57 Å². The molecule has 1 N–H and O–H groups in total. The summed E-state index contributed by atoms with van der Waals surface area (Å²) in [7, 11) is 3.04. The SMILES string of the molecule is Cn1c(=O)c2c(ncn2CCNc2cc(Cl)ccc2Cl)n(C)c1=O. The van der Waals surface area contributed by atoms with Gasteiger partial charge < -0.3 is 9.88 Å². The summed E-state index contributed by atoms with van der Waals surface area (Å²) in [5.41, 5.74) is 0.698. The minimum Gasteiger partial charge on any atom is -0.382 e. The quantitative estimate of drug-likeness (QED) is 0.763. The van der Waals surface area contributed by atoms with Crippen molar-refractivity contribution in [1.82, 2.24) is 18.7 Å². The second kappa shape index (κ2) is 6.33. The lowest BCUT2D eigenvalue weighted by Crippen LogP contribution is -2.37.